The van der Waals surface area contributed by atoms with Crippen molar-refractivity contribution in [3.8, 4) is 5.75 Å². The Bertz CT molecular complexity index is 649. The lowest BCUT2D eigenvalue weighted by Gasteiger charge is -2.17. The fourth-order valence-corrected chi connectivity index (χ4v) is 2.95. The van der Waals surface area contributed by atoms with Crippen LogP contribution in [0.4, 0.5) is 0 Å². The Hall–Kier alpha value is -1.55. The molecule has 1 atom stereocenters. The summed E-state index contributed by atoms with van der Waals surface area (Å²) < 4.78 is 11.7. The molecule has 0 bridgehead atoms. The molecular weight excluding hydrogens is 483 g/mol. The second-order valence-corrected chi connectivity index (χ2v) is 7.01. The van der Waals surface area contributed by atoms with E-state index >= 15 is 0 Å². The first-order chi connectivity index (χ1) is 13.6. The van der Waals surface area contributed by atoms with Gasteiger partial charge in [0, 0.05) is 45.3 Å². The molecule has 8 heteroatoms. The highest BCUT2D eigenvalue weighted by Gasteiger charge is 2.17. The molecule has 1 fully saturated rings. The molecule has 29 heavy (non-hydrogen) atoms. The summed E-state index contributed by atoms with van der Waals surface area (Å²) in [6.45, 7) is 7.33. The summed E-state index contributed by atoms with van der Waals surface area (Å²) in [6.07, 6.45) is 3.71. The molecule has 7 nitrogen and oxygen atoms in total. The second-order valence-electron chi connectivity index (χ2n) is 7.01. The minimum Gasteiger partial charge on any atom is -0.491 e. The van der Waals surface area contributed by atoms with Crippen molar-refractivity contribution < 1.29 is 14.3 Å². The lowest BCUT2D eigenvalue weighted by atomic mass is 10.1. The van der Waals surface area contributed by atoms with E-state index in [1.165, 1.54) is 0 Å². The zero-order valence-electron chi connectivity index (χ0n) is 17.8. The van der Waals surface area contributed by atoms with Crippen molar-refractivity contribution in [2.45, 2.75) is 52.2 Å². The summed E-state index contributed by atoms with van der Waals surface area (Å²) in [6, 6.07) is 6.20. The molecule has 0 saturated carbocycles. The topological polar surface area (TPSA) is 84.0 Å². The molecule has 0 radical (unpaired) electrons. The van der Waals surface area contributed by atoms with Gasteiger partial charge in [-0.1, -0.05) is 19.1 Å². The van der Waals surface area contributed by atoms with Crippen molar-refractivity contribution in [1.29, 1.82) is 0 Å². The Morgan fingerprint density at radius 3 is 2.79 bits per heavy atom. The van der Waals surface area contributed by atoms with Crippen molar-refractivity contribution in [3.05, 3.63) is 29.3 Å². The zero-order valence-corrected chi connectivity index (χ0v) is 20.1. The number of halogens is 1. The maximum Gasteiger partial charge on any atom is 0.221 e. The smallest absolute Gasteiger partial charge is 0.221 e. The number of carbonyl (C=O) groups excluding carboxylic acids is 1. The van der Waals surface area contributed by atoms with Crippen LogP contribution in [0.5, 0.6) is 5.75 Å². The number of ether oxygens (including phenoxy) is 2. The summed E-state index contributed by atoms with van der Waals surface area (Å²) in [5.41, 5.74) is 2.22. The van der Waals surface area contributed by atoms with Crippen molar-refractivity contribution in [1.82, 2.24) is 16.0 Å². The average Bonchev–Trinajstić information content (AvgIpc) is 3.22. The van der Waals surface area contributed by atoms with Crippen LogP contribution in [0.25, 0.3) is 0 Å². The molecule has 1 unspecified atom stereocenters. The number of carbonyl (C=O) groups is 1. The molecule has 2 rings (SSSR count). The van der Waals surface area contributed by atoms with Crippen LogP contribution in [0, 0.1) is 6.92 Å². The molecule has 1 amide bonds. The van der Waals surface area contributed by atoms with Gasteiger partial charge in [-0.2, -0.15) is 0 Å². The molecule has 0 spiro atoms. The standard InChI is InChI=1S/C21H34N4O3.HI/c1-4-10-23-20(26)9-11-24-21(22-3)25-14-17-8-7-16(2)13-19(17)28-15-18-6-5-12-27-18;/h7-8,13,18H,4-6,9-12,14-15H2,1-3H3,(H,23,26)(H2,22,24,25);1H. The number of hydrogen-bond acceptors (Lipinski definition) is 4. The predicted molar refractivity (Wildman–Crippen MR) is 127 cm³/mol. The summed E-state index contributed by atoms with van der Waals surface area (Å²) in [4.78, 5) is 15.9. The molecule has 164 valence electrons. The number of hydrogen-bond donors (Lipinski definition) is 3. The number of guanidine groups is 1. The van der Waals surface area contributed by atoms with Crippen LogP contribution in [0.3, 0.4) is 0 Å². The Labute approximate surface area is 191 Å². The lowest BCUT2D eigenvalue weighted by molar-refractivity contribution is -0.120. The third-order valence-electron chi connectivity index (χ3n) is 4.56. The van der Waals surface area contributed by atoms with E-state index in [4.69, 9.17) is 9.47 Å². The lowest BCUT2D eigenvalue weighted by Crippen LogP contribution is -2.39. The third kappa shape index (κ3) is 9.66. The Morgan fingerprint density at radius 1 is 1.28 bits per heavy atom. The minimum absolute atomic E-state index is 0. The quantitative estimate of drug-likeness (QED) is 0.252. The largest absolute Gasteiger partial charge is 0.491 e. The molecular formula is C21H35IN4O3. The van der Waals surface area contributed by atoms with E-state index in [0.29, 0.717) is 38.6 Å². The number of nitrogens with zero attached hydrogens (tertiary/aromatic N) is 1. The molecule has 0 aliphatic carbocycles. The molecule has 1 aromatic carbocycles. The number of benzene rings is 1. The summed E-state index contributed by atoms with van der Waals surface area (Å²) >= 11 is 0. The van der Waals surface area contributed by atoms with Crippen LogP contribution in [0.15, 0.2) is 23.2 Å². The van der Waals surface area contributed by atoms with Crippen LogP contribution in [-0.4, -0.2) is 51.3 Å². The zero-order chi connectivity index (χ0) is 20.2. The average molecular weight is 518 g/mol. The predicted octanol–water partition coefficient (Wildman–Crippen LogP) is 2.75. The van der Waals surface area contributed by atoms with Gasteiger partial charge in [-0.25, -0.2) is 0 Å². The van der Waals surface area contributed by atoms with Crippen molar-refractivity contribution in [3.63, 3.8) is 0 Å². The molecule has 1 aliphatic heterocycles. The van der Waals surface area contributed by atoms with Gasteiger partial charge in [0.1, 0.15) is 12.4 Å². The van der Waals surface area contributed by atoms with E-state index in [9.17, 15) is 4.79 Å². The summed E-state index contributed by atoms with van der Waals surface area (Å²) in [7, 11) is 1.72. The minimum atomic E-state index is 0. The van der Waals surface area contributed by atoms with E-state index in [1.54, 1.807) is 7.05 Å². The molecule has 3 N–H and O–H groups in total. The number of amides is 1. The van der Waals surface area contributed by atoms with Gasteiger partial charge in [-0.15, -0.1) is 24.0 Å². The third-order valence-corrected chi connectivity index (χ3v) is 4.56. The van der Waals surface area contributed by atoms with Gasteiger partial charge in [-0.3, -0.25) is 9.79 Å². The van der Waals surface area contributed by atoms with Crippen LogP contribution in [0.1, 0.15) is 43.7 Å². The number of aliphatic imine (C=N–C) groups is 1. The maximum absolute atomic E-state index is 11.7. The van der Waals surface area contributed by atoms with Crippen LogP contribution >= 0.6 is 24.0 Å². The van der Waals surface area contributed by atoms with Gasteiger partial charge in [-0.05, 0) is 37.8 Å². The molecule has 1 heterocycles. The monoisotopic (exact) mass is 518 g/mol. The summed E-state index contributed by atoms with van der Waals surface area (Å²) in [5, 5.41) is 9.32. The van der Waals surface area contributed by atoms with Gasteiger partial charge in [0.25, 0.3) is 0 Å². The van der Waals surface area contributed by atoms with E-state index in [0.717, 1.165) is 42.7 Å². The van der Waals surface area contributed by atoms with E-state index < -0.39 is 0 Å². The first-order valence-electron chi connectivity index (χ1n) is 10.2. The van der Waals surface area contributed by atoms with Crippen molar-refractivity contribution in [2.75, 3.05) is 33.4 Å². The molecule has 0 aromatic heterocycles. The number of rotatable bonds is 10. The molecule has 1 aliphatic rings. The highest BCUT2D eigenvalue weighted by Crippen LogP contribution is 2.22. The van der Waals surface area contributed by atoms with E-state index in [2.05, 4.69) is 46.1 Å². The SMILES string of the molecule is CCCNC(=O)CCNC(=NC)NCc1ccc(C)cc1OCC1CCCO1.I. The highest BCUT2D eigenvalue weighted by atomic mass is 127. The number of nitrogens with one attached hydrogen (secondary N) is 3. The van der Waals surface area contributed by atoms with Gasteiger partial charge in [0.15, 0.2) is 5.96 Å². The molecule has 1 saturated heterocycles. The number of aryl methyl sites for hydroxylation is 1. The van der Waals surface area contributed by atoms with Crippen LogP contribution in [-0.2, 0) is 16.1 Å². The Balaban J connectivity index is 0.00000420. The van der Waals surface area contributed by atoms with Gasteiger partial charge in [0.05, 0.1) is 6.10 Å². The van der Waals surface area contributed by atoms with Crippen LogP contribution in [0.2, 0.25) is 0 Å². The Morgan fingerprint density at radius 2 is 2.10 bits per heavy atom. The normalized spacial score (nSPS) is 16.1. The summed E-state index contributed by atoms with van der Waals surface area (Å²) in [5.74, 6) is 1.58. The maximum atomic E-state index is 11.7. The second kappa shape index (κ2) is 14.4. The van der Waals surface area contributed by atoms with Crippen molar-refractivity contribution >= 4 is 35.8 Å². The fourth-order valence-electron chi connectivity index (χ4n) is 2.95. The first kappa shape index (κ1) is 25.5. The van der Waals surface area contributed by atoms with Gasteiger partial charge < -0.3 is 25.4 Å². The van der Waals surface area contributed by atoms with E-state index in [-0.39, 0.29) is 36.0 Å². The van der Waals surface area contributed by atoms with Gasteiger partial charge in [0.2, 0.25) is 5.91 Å². The molecule has 1 aromatic rings. The van der Waals surface area contributed by atoms with Crippen LogP contribution < -0.4 is 20.7 Å². The van der Waals surface area contributed by atoms with Crippen molar-refractivity contribution in [2.24, 2.45) is 4.99 Å². The first-order valence-corrected chi connectivity index (χ1v) is 10.2. The van der Waals surface area contributed by atoms with Gasteiger partial charge >= 0.3 is 0 Å². The Kier molecular flexibility index (Phi) is 12.7. The highest BCUT2D eigenvalue weighted by molar-refractivity contribution is 14.0. The fraction of sp³-hybridized carbons (Fsp3) is 0.619. The van der Waals surface area contributed by atoms with E-state index in [1.807, 2.05) is 6.92 Å².